The lowest BCUT2D eigenvalue weighted by atomic mass is 10.0. The van der Waals surface area contributed by atoms with Crippen LogP contribution in [0.4, 0.5) is 0 Å². The average Bonchev–Trinajstić information content (AvgIpc) is 1.89. The summed E-state index contributed by atoms with van der Waals surface area (Å²) < 4.78 is 4.92. The summed E-state index contributed by atoms with van der Waals surface area (Å²) in [6.45, 7) is 1.75. The molecule has 0 amide bonds. The lowest BCUT2D eigenvalue weighted by Gasteiger charge is -2.23. The second-order valence-electron chi connectivity index (χ2n) is 2.29. The Balaban J connectivity index is 3.62. The van der Waals surface area contributed by atoms with E-state index < -0.39 is 5.60 Å². The average molecular weight is 134 g/mol. The predicted molar refractivity (Wildman–Crippen MR) is 34.2 cm³/mol. The van der Waals surface area contributed by atoms with Crippen LogP contribution in [0.5, 0.6) is 0 Å². The molecule has 0 bridgehead atoms. The molecule has 0 saturated carbocycles. The summed E-state index contributed by atoms with van der Waals surface area (Å²) >= 11 is 0. The lowest BCUT2D eigenvalue weighted by Crippen LogP contribution is -2.32. The fraction of sp³-hybridized carbons (Fsp3) is 1.00. The number of ether oxygens (including phenoxy) is 1. The fourth-order valence-corrected chi connectivity index (χ4v) is 0.482. The lowest BCUT2D eigenvalue weighted by molar-refractivity contribution is -0.0516. The van der Waals surface area contributed by atoms with Crippen molar-refractivity contribution in [2.45, 2.75) is 18.9 Å². The van der Waals surface area contributed by atoms with Gasteiger partial charge in [0.05, 0.1) is 12.2 Å². The monoisotopic (exact) mass is 134 g/mol. The molecule has 3 heteroatoms. The zero-order valence-corrected chi connectivity index (χ0v) is 5.92. The molecule has 3 nitrogen and oxygen atoms in total. The first-order chi connectivity index (χ1) is 4.18. The molecule has 0 aromatic carbocycles. The molecule has 0 fully saturated rings. The third-order valence-corrected chi connectivity index (χ3v) is 1.47. The van der Waals surface area contributed by atoms with Gasteiger partial charge in [-0.15, -0.1) is 0 Å². The van der Waals surface area contributed by atoms with Gasteiger partial charge in [0.25, 0.3) is 0 Å². The van der Waals surface area contributed by atoms with Crippen LogP contribution >= 0.6 is 0 Å². The molecule has 0 spiro atoms. The Morgan fingerprint density at radius 3 is 2.11 bits per heavy atom. The van der Waals surface area contributed by atoms with Crippen molar-refractivity contribution in [2.24, 2.45) is 0 Å². The molecule has 0 aromatic heterocycles. The first-order valence-corrected chi connectivity index (χ1v) is 2.95. The molecule has 0 rings (SSSR count). The molecule has 0 heterocycles. The van der Waals surface area contributed by atoms with Gasteiger partial charge in [0.1, 0.15) is 0 Å². The van der Waals surface area contributed by atoms with Crippen molar-refractivity contribution in [2.75, 3.05) is 20.3 Å². The van der Waals surface area contributed by atoms with Gasteiger partial charge in [0, 0.05) is 20.1 Å². The highest BCUT2D eigenvalue weighted by atomic mass is 16.5. The topological polar surface area (TPSA) is 49.7 Å². The van der Waals surface area contributed by atoms with Gasteiger partial charge in [0.15, 0.2) is 0 Å². The van der Waals surface area contributed by atoms with Crippen LogP contribution in [-0.2, 0) is 4.74 Å². The van der Waals surface area contributed by atoms with Crippen molar-refractivity contribution in [1.82, 2.24) is 0 Å². The second kappa shape index (κ2) is 3.82. The van der Waals surface area contributed by atoms with Crippen LogP contribution in [0.15, 0.2) is 0 Å². The van der Waals surface area contributed by atoms with Crippen molar-refractivity contribution in [3.63, 3.8) is 0 Å². The molecule has 0 saturated heterocycles. The minimum absolute atomic E-state index is 0.0465. The summed E-state index contributed by atoms with van der Waals surface area (Å²) in [5.41, 5.74) is -0.561. The minimum Gasteiger partial charge on any atom is -0.396 e. The predicted octanol–water partition coefficient (Wildman–Crippen LogP) is -0.234. The smallest absolute Gasteiger partial charge is 0.0902 e. The summed E-state index contributed by atoms with van der Waals surface area (Å²) in [5.74, 6) is 0. The number of aliphatic hydroxyl groups is 2. The van der Waals surface area contributed by atoms with Gasteiger partial charge in [-0.3, -0.25) is 0 Å². The molecule has 2 N–H and O–H groups in total. The Bertz CT molecular complexity index is 68.7. The zero-order chi connectivity index (χ0) is 7.33. The SMILES string of the molecule is CO[C@](C)(CO)CCO. The van der Waals surface area contributed by atoms with Gasteiger partial charge in [-0.1, -0.05) is 0 Å². The van der Waals surface area contributed by atoms with Crippen LogP contribution < -0.4 is 0 Å². The normalized spacial score (nSPS) is 17.3. The summed E-state index contributed by atoms with van der Waals surface area (Å²) in [5, 5.41) is 17.2. The first kappa shape index (κ1) is 8.88. The minimum atomic E-state index is -0.561. The Kier molecular flexibility index (Phi) is 3.77. The van der Waals surface area contributed by atoms with Crippen LogP contribution in [0.1, 0.15) is 13.3 Å². The van der Waals surface area contributed by atoms with Crippen molar-refractivity contribution < 1.29 is 14.9 Å². The van der Waals surface area contributed by atoms with Crippen LogP contribution in [0, 0.1) is 0 Å². The first-order valence-electron chi connectivity index (χ1n) is 2.95. The van der Waals surface area contributed by atoms with Crippen LogP contribution in [0.25, 0.3) is 0 Å². The quantitative estimate of drug-likeness (QED) is 0.558. The van der Waals surface area contributed by atoms with Gasteiger partial charge in [-0.25, -0.2) is 0 Å². The van der Waals surface area contributed by atoms with Crippen LogP contribution in [0.2, 0.25) is 0 Å². The van der Waals surface area contributed by atoms with Crippen LogP contribution in [0.3, 0.4) is 0 Å². The molecule has 1 atom stereocenters. The van der Waals surface area contributed by atoms with Gasteiger partial charge < -0.3 is 14.9 Å². The van der Waals surface area contributed by atoms with E-state index in [0.29, 0.717) is 6.42 Å². The summed E-state index contributed by atoms with van der Waals surface area (Å²) in [6, 6.07) is 0. The number of rotatable bonds is 4. The number of aliphatic hydroxyl groups excluding tert-OH is 2. The highest BCUT2D eigenvalue weighted by molar-refractivity contribution is 4.71. The van der Waals surface area contributed by atoms with E-state index in [1.807, 2.05) is 0 Å². The van der Waals surface area contributed by atoms with Crippen molar-refractivity contribution >= 4 is 0 Å². The molecular weight excluding hydrogens is 120 g/mol. The van der Waals surface area contributed by atoms with E-state index in [4.69, 9.17) is 14.9 Å². The largest absolute Gasteiger partial charge is 0.396 e. The molecule has 0 unspecified atom stereocenters. The third kappa shape index (κ3) is 2.79. The summed E-state index contributed by atoms with van der Waals surface area (Å²) in [7, 11) is 1.52. The standard InChI is InChI=1S/C6H14O3/c1-6(5-8,9-2)3-4-7/h7-8H,3-5H2,1-2H3/t6-/m0/s1. The molecular formula is C6H14O3. The van der Waals surface area contributed by atoms with Crippen LogP contribution in [-0.4, -0.2) is 36.1 Å². The molecule has 0 radical (unpaired) electrons. The Morgan fingerprint density at radius 2 is 2.00 bits per heavy atom. The van der Waals surface area contributed by atoms with E-state index in [9.17, 15) is 0 Å². The van der Waals surface area contributed by atoms with Gasteiger partial charge in [0.2, 0.25) is 0 Å². The van der Waals surface area contributed by atoms with Crippen molar-refractivity contribution in [1.29, 1.82) is 0 Å². The molecule has 0 aliphatic carbocycles. The Hall–Kier alpha value is -0.120. The van der Waals surface area contributed by atoms with E-state index in [2.05, 4.69) is 0 Å². The summed E-state index contributed by atoms with van der Waals surface area (Å²) in [4.78, 5) is 0. The van der Waals surface area contributed by atoms with E-state index in [0.717, 1.165) is 0 Å². The third-order valence-electron chi connectivity index (χ3n) is 1.47. The van der Waals surface area contributed by atoms with E-state index in [1.165, 1.54) is 7.11 Å². The molecule has 56 valence electrons. The fourth-order valence-electron chi connectivity index (χ4n) is 0.482. The van der Waals surface area contributed by atoms with Gasteiger partial charge in [-0.05, 0) is 6.92 Å². The molecule has 0 aliphatic rings. The second-order valence-corrected chi connectivity index (χ2v) is 2.29. The van der Waals surface area contributed by atoms with Gasteiger partial charge >= 0.3 is 0 Å². The highest BCUT2D eigenvalue weighted by Crippen LogP contribution is 2.11. The van der Waals surface area contributed by atoms with E-state index in [-0.39, 0.29) is 13.2 Å². The zero-order valence-electron chi connectivity index (χ0n) is 5.92. The van der Waals surface area contributed by atoms with Gasteiger partial charge in [-0.2, -0.15) is 0 Å². The Morgan fingerprint density at radius 1 is 1.44 bits per heavy atom. The molecule has 9 heavy (non-hydrogen) atoms. The molecule has 0 aliphatic heterocycles. The maximum absolute atomic E-state index is 8.68. The Labute approximate surface area is 55.3 Å². The number of hydrogen-bond donors (Lipinski definition) is 2. The highest BCUT2D eigenvalue weighted by Gasteiger charge is 2.20. The maximum atomic E-state index is 8.68. The van der Waals surface area contributed by atoms with Crippen molar-refractivity contribution in [3.05, 3.63) is 0 Å². The van der Waals surface area contributed by atoms with E-state index in [1.54, 1.807) is 6.92 Å². The summed E-state index contributed by atoms with van der Waals surface area (Å²) in [6.07, 6.45) is 0.472. The van der Waals surface area contributed by atoms with E-state index >= 15 is 0 Å². The number of hydrogen-bond acceptors (Lipinski definition) is 3. The van der Waals surface area contributed by atoms with Crippen molar-refractivity contribution in [3.8, 4) is 0 Å². The molecule has 0 aromatic rings. The maximum Gasteiger partial charge on any atom is 0.0902 e. The number of methoxy groups -OCH3 is 1.